The predicted molar refractivity (Wildman–Crippen MR) is 109 cm³/mol. The molecule has 0 bridgehead atoms. The summed E-state index contributed by atoms with van der Waals surface area (Å²) in [7, 11) is 0. The first kappa shape index (κ1) is 21.4. The summed E-state index contributed by atoms with van der Waals surface area (Å²) in [5.74, 6) is -0.319. The third-order valence-corrected chi connectivity index (χ3v) is 4.20. The van der Waals surface area contributed by atoms with Crippen molar-refractivity contribution in [2.24, 2.45) is 5.10 Å². The van der Waals surface area contributed by atoms with E-state index in [0.717, 1.165) is 16.1 Å². The van der Waals surface area contributed by atoms with Crippen molar-refractivity contribution in [3.63, 3.8) is 0 Å². The van der Waals surface area contributed by atoms with Gasteiger partial charge in [0.25, 0.3) is 5.91 Å². The molecule has 0 aliphatic carbocycles. The molecule has 0 unspecified atom stereocenters. The minimum atomic E-state index is -0.704. The maximum absolute atomic E-state index is 12.0. The number of nitro groups is 1. The maximum atomic E-state index is 12.0. The van der Waals surface area contributed by atoms with Gasteiger partial charge >= 0.3 is 5.69 Å². The van der Waals surface area contributed by atoms with Crippen LogP contribution in [0.15, 0.2) is 46.0 Å². The largest absolute Gasteiger partial charge is 0.502 e. The molecule has 0 saturated heterocycles. The van der Waals surface area contributed by atoms with Gasteiger partial charge in [-0.25, -0.2) is 5.43 Å². The minimum Gasteiger partial charge on any atom is -0.502 e. The molecule has 0 spiro atoms. The van der Waals surface area contributed by atoms with E-state index in [2.05, 4.69) is 26.5 Å². The van der Waals surface area contributed by atoms with Crippen molar-refractivity contribution in [2.75, 3.05) is 6.61 Å². The van der Waals surface area contributed by atoms with E-state index in [-0.39, 0.29) is 12.0 Å². The zero-order chi connectivity index (χ0) is 20.9. The number of hydrogen-bond donors (Lipinski definition) is 2. The molecule has 2 aromatic carbocycles. The van der Waals surface area contributed by atoms with Gasteiger partial charge in [0.15, 0.2) is 12.4 Å². The average molecular weight is 450 g/mol. The standard InChI is InChI=1S/C19H20BrN3O5/c1-19(2,3)14-9-13(20)5-7-17(14)28-11-18(25)22-21-10-12-4-6-16(24)15(8-12)23(26)27/h4-10,24H,11H2,1-3H3,(H,22,25)/b21-10+. The van der Waals surface area contributed by atoms with Gasteiger partial charge in [-0.3, -0.25) is 14.9 Å². The number of carbonyl (C=O) groups excluding carboxylic acids is 1. The van der Waals surface area contributed by atoms with Gasteiger partial charge in [0.05, 0.1) is 11.1 Å². The lowest BCUT2D eigenvalue weighted by molar-refractivity contribution is -0.385. The summed E-state index contributed by atoms with van der Waals surface area (Å²) in [5, 5.41) is 24.0. The zero-order valence-electron chi connectivity index (χ0n) is 15.6. The molecule has 2 N–H and O–H groups in total. The summed E-state index contributed by atoms with van der Waals surface area (Å²) in [5.41, 5.74) is 3.00. The van der Waals surface area contributed by atoms with Gasteiger partial charge in [-0.05, 0) is 35.7 Å². The normalized spacial score (nSPS) is 11.4. The van der Waals surface area contributed by atoms with Crippen molar-refractivity contribution in [3.05, 3.63) is 62.1 Å². The highest BCUT2D eigenvalue weighted by Gasteiger charge is 2.20. The Kier molecular flexibility index (Phi) is 6.74. The molecule has 1 amide bonds. The number of nitrogens with one attached hydrogen (secondary N) is 1. The lowest BCUT2D eigenvalue weighted by atomic mass is 9.86. The van der Waals surface area contributed by atoms with Crippen LogP contribution in [0, 0.1) is 10.1 Å². The second-order valence-electron chi connectivity index (χ2n) is 6.98. The smallest absolute Gasteiger partial charge is 0.311 e. The van der Waals surface area contributed by atoms with E-state index in [0.29, 0.717) is 11.3 Å². The number of nitrogens with zero attached hydrogens (tertiary/aromatic N) is 2. The summed E-state index contributed by atoms with van der Waals surface area (Å²) in [6.45, 7) is 5.90. The Morgan fingerprint density at radius 2 is 2.04 bits per heavy atom. The van der Waals surface area contributed by atoms with Gasteiger partial charge in [-0.2, -0.15) is 5.10 Å². The van der Waals surface area contributed by atoms with Crippen molar-refractivity contribution in [3.8, 4) is 11.5 Å². The number of phenolic OH excluding ortho intramolecular Hbond substituents is 1. The van der Waals surface area contributed by atoms with Gasteiger partial charge < -0.3 is 9.84 Å². The number of ether oxygens (including phenoxy) is 1. The number of halogens is 1. The van der Waals surface area contributed by atoms with Crippen LogP contribution in [0.4, 0.5) is 5.69 Å². The highest BCUT2D eigenvalue weighted by Crippen LogP contribution is 2.33. The Bertz CT molecular complexity index is 922. The van der Waals surface area contributed by atoms with E-state index in [1.54, 1.807) is 6.07 Å². The fourth-order valence-corrected chi connectivity index (χ4v) is 2.70. The van der Waals surface area contributed by atoms with E-state index in [1.807, 2.05) is 32.9 Å². The predicted octanol–water partition coefficient (Wildman–Crippen LogP) is 3.89. The molecular formula is C19H20BrN3O5. The number of phenols is 1. The number of rotatable bonds is 6. The summed E-state index contributed by atoms with van der Waals surface area (Å²) < 4.78 is 6.54. The number of nitro benzene ring substituents is 1. The van der Waals surface area contributed by atoms with E-state index < -0.39 is 22.3 Å². The second kappa shape index (κ2) is 8.83. The van der Waals surface area contributed by atoms with Crippen LogP contribution < -0.4 is 10.2 Å². The third-order valence-electron chi connectivity index (χ3n) is 3.71. The van der Waals surface area contributed by atoms with Crippen LogP contribution in [0.5, 0.6) is 11.5 Å². The van der Waals surface area contributed by atoms with E-state index in [1.165, 1.54) is 18.3 Å². The number of benzene rings is 2. The Labute approximate surface area is 170 Å². The van der Waals surface area contributed by atoms with Crippen LogP contribution in [0.1, 0.15) is 31.9 Å². The number of amides is 1. The molecule has 0 radical (unpaired) electrons. The zero-order valence-corrected chi connectivity index (χ0v) is 17.2. The second-order valence-corrected chi connectivity index (χ2v) is 7.89. The first-order chi connectivity index (χ1) is 13.1. The fourth-order valence-electron chi connectivity index (χ4n) is 2.34. The summed E-state index contributed by atoms with van der Waals surface area (Å²) >= 11 is 3.43. The van der Waals surface area contributed by atoms with Crippen LogP contribution >= 0.6 is 15.9 Å². The van der Waals surface area contributed by atoms with Crippen molar-refractivity contribution in [2.45, 2.75) is 26.2 Å². The van der Waals surface area contributed by atoms with Crippen LogP contribution in [0.2, 0.25) is 0 Å². The molecule has 0 fully saturated rings. The number of hydrazone groups is 1. The highest BCUT2D eigenvalue weighted by atomic mass is 79.9. The maximum Gasteiger partial charge on any atom is 0.311 e. The molecule has 8 nitrogen and oxygen atoms in total. The third kappa shape index (κ3) is 5.78. The minimum absolute atomic E-state index is 0.165. The number of hydrogen-bond acceptors (Lipinski definition) is 6. The molecule has 0 aromatic heterocycles. The van der Waals surface area contributed by atoms with Crippen molar-refractivity contribution >= 4 is 33.7 Å². The fraction of sp³-hybridized carbons (Fsp3) is 0.263. The SMILES string of the molecule is CC(C)(C)c1cc(Br)ccc1OCC(=O)N/N=C/c1ccc(O)c([N+](=O)[O-])c1. The molecule has 28 heavy (non-hydrogen) atoms. The topological polar surface area (TPSA) is 114 Å². The Hall–Kier alpha value is -2.94. The summed E-state index contributed by atoms with van der Waals surface area (Å²) in [6.07, 6.45) is 1.24. The van der Waals surface area contributed by atoms with Gasteiger partial charge in [0.2, 0.25) is 0 Å². The first-order valence-electron chi connectivity index (χ1n) is 8.30. The lowest BCUT2D eigenvalue weighted by Crippen LogP contribution is -2.25. The first-order valence-corrected chi connectivity index (χ1v) is 9.09. The Morgan fingerprint density at radius 3 is 2.68 bits per heavy atom. The monoisotopic (exact) mass is 449 g/mol. The van der Waals surface area contributed by atoms with Gasteiger partial charge in [-0.15, -0.1) is 0 Å². The van der Waals surface area contributed by atoms with E-state index in [9.17, 15) is 20.0 Å². The van der Waals surface area contributed by atoms with Crippen molar-refractivity contribution in [1.82, 2.24) is 5.43 Å². The van der Waals surface area contributed by atoms with E-state index >= 15 is 0 Å². The highest BCUT2D eigenvalue weighted by molar-refractivity contribution is 9.10. The lowest BCUT2D eigenvalue weighted by Gasteiger charge is -2.23. The van der Waals surface area contributed by atoms with Gasteiger partial charge in [0, 0.05) is 21.7 Å². The average Bonchev–Trinajstić information content (AvgIpc) is 2.61. The molecule has 0 aliphatic rings. The van der Waals surface area contributed by atoms with E-state index in [4.69, 9.17) is 4.74 Å². The molecule has 0 aliphatic heterocycles. The van der Waals surface area contributed by atoms with Gasteiger partial charge in [-0.1, -0.05) is 36.7 Å². The van der Waals surface area contributed by atoms with Crippen molar-refractivity contribution < 1.29 is 19.6 Å². The molecule has 0 heterocycles. The Balaban J connectivity index is 1.98. The molecule has 2 rings (SSSR count). The van der Waals surface area contributed by atoms with Crippen molar-refractivity contribution in [1.29, 1.82) is 0 Å². The molecule has 0 atom stereocenters. The van der Waals surface area contributed by atoms with Gasteiger partial charge in [0.1, 0.15) is 5.75 Å². The van der Waals surface area contributed by atoms with Crippen LogP contribution in [0.3, 0.4) is 0 Å². The quantitative estimate of drug-likeness (QED) is 0.394. The number of carbonyl (C=O) groups is 1. The molecule has 0 saturated carbocycles. The molecule has 2 aromatic rings. The number of aromatic hydroxyl groups is 1. The van der Waals surface area contributed by atoms with Crippen LogP contribution in [-0.4, -0.2) is 28.8 Å². The molecule has 148 valence electrons. The van der Waals surface area contributed by atoms with Crippen LogP contribution in [0.25, 0.3) is 0 Å². The van der Waals surface area contributed by atoms with Crippen LogP contribution in [-0.2, 0) is 10.2 Å². The molecule has 9 heteroatoms. The summed E-state index contributed by atoms with van der Waals surface area (Å²) in [4.78, 5) is 22.1. The molecular weight excluding hydrogens is 430 g/mol. The summed E-state index contributed by atoms with van der Waals surface area (Å²) in [6, 6.07) is 9.34. The Morgan fingerprint density at radius 1 is 1.32 bits per heavy atom.